The molecule has 0 aromatic heterocycles. The molecule has 66 valence electrons. The van der Waals surface area contributed by atoms with E-state index < -0.39 is 10.7 Å². The average molecular weight is 161 g/mol. The van der Waals surface area contributed by atoms with Crippen LogP contribution in [0.4, 0.5) is 0 Å². The highest BCUT2D eigenvalue weighted by Gasteiger charge is 2.32. The minimum Gasteiger partial charge on any atom is -0.308 e. The van der Waals surface area contributed by atoms with Crippen LogP contribution in [0.5, 0.6) is 0 Å². The predicted octanol–water partition coefficient (Wildman–Crippen LogP) is 2.16. The van der Waals surface area contributed by atoms with E-state index in [1.54, 1.807) is 6.92 Å². The molecule has 0 unspecified atom stereocenters. The molecule has 0 aliphatic heterocycles. The molecule has 0 saturated heterocycles. The van der Waals surface area contributed by atoms with Crippen LogP contribution in [0.3, 0.4) is 0 Å². The Morgan fingerprint density at radius 2 is 1.91 bits per heavy atom. The fraction of sp³-hybridized carbons (Fsp3) is 1.00. The molecule has 0 amide bonds. The van der Waals surface area contributed by atoms with Gasteiger partial charge in [-0.15, -0.1) is 10.1 Å². The summed E-state index contributed by atoms with van der Waals surface area (Å²) in [4.78, 5) is 14.5. The summed E-state index contributed by atoms with van der Waals surface area (Å²) < 4.78 is 0. The summed E-state index contributed by atoms with van der Waals surface area (Å²) in [6.45, 7) is 1.79. The van der Waals surface area contributed by atoms with E-state index in [0.29, 0.717) is 0 Å². The van der Waals surface area contributed by atoms with Crippen molar-refractivity contribution < 1.29 is 9.92 Å². The first-order valence-corrected chi connectivity index (χ1v) is 3.46. The van der Waals surface area contributed by atoms with Gasteiger partial charge in [-0.3, -0.25) is 0 Å². The molecule has 0 radical (unpaired) electrons. The molecule has 0 bridgehead atoms. The zero-order valence-electron chi connectivity index (χ0n) is 6.00. The van der Waals surface area contributed by atoms with E-state index in [0.717, 1.165) is 25.7 Å². The highest BCUT2D eigenvalue weighted by Crippen LogP contribution is 2.32. The lowest BCUT2D eigenvalue weighted by molar-refractivity contribution is -0.780. The highest BCUT2D eigenvalue weighted by atomic mass is 17.0. The standard InChI is InChI=1S/C6H11NO3.CH4/c1-6(10-7(8)9)4-2-3-5-6;/h2-5H2,1H3;1H4. The third-order valence-corrected chi connectivity index (χ3v) is 1.96. The molecule has 4 heteroatoms. The Morgan fingerprint density at radius 3 is 2.27 bits per heavy atom. The summed E-state index contributed by atoms with van der Waals surface area (Å²) in [6, 6.07) is 0. The smallest absolute Gasteiger partial charge is 0.295 e. The fourth-order valence-electron chi connectivity index (χ4n) is 1.39. The topological polar surface area (TPSA) is 52.4 Å². The Kier molecular flexibility index (Phi) is 3.29. The normalized spacial score (nSPS) is 20.5. The molecule has 0 atom stereocenters. The maximum absolute atomic E-state index is 9.94. The third-order valence-electron chi connectivity index (χ3n) is 1.96. The molecule has 11 heavy (non-hydrogen) atoms. The van der Waals surface area contributed by atoms with Gasteiger partial charge >= 0.3 is 0 Å². The molecule has 0 aromatic carbocycles. The van der Waals surface area contributed by atoms with Crippen molar-refractivity contribution in [3.05, 3.63) is 10.1 Å². The van der Waals surface area contributed by atoms with Gasteiger partial charge in [0.1, 0.15) is 5.60 Å². The van der Waals surface area contributed by atoms with E-state index in [9.17, 15) is 10.1 Å². The predicted molar refractivity (Wildman–Crippen MR) is 41.7 cm³/mol. The Hall–Kier alpha value is -0.800. The van der Waals surface area contributed by atoms with Gasteiger partial charge in [0, 0.05) is 0 Å². The van der Waals surface area contributed by atoms with Crippen molar-refractivity contribution >= 4 is 0 Å². The van der Waals surface area contributed by atoms with Gasteiger partial charge in [-0.2, -0.15) is 0 Å². The molecule has 1 aliphatic carbocycles. The van der Waals surface area contributed by atoms with Crippen LogP contribution in [0.25, 0.3) is 0 Å². The number of rotatable bonds is 2. The van der Waals surface area contributed by atoms with Crippen LogP contribution in [0, 0.1) is 10.1 Å². The van der Waals surface area contributed by atoms with Gasteiger partial charge in [-0.1, -0.05) is 20.3 Å². The van der Waals surface area contributed by atoms with Crippen molar-refractivity contribution in [1.29, 1.82) is 0 Å². The second-order valence-electron chi connectivity index (χ2n) is 2.97. The zero-order chi connectivity index (χ0) is 7.61. The highest BCUT2D eigenvalue weighted by molar-refractivity contribution is 4.79. The van der Waals surface area contributed by atoms with Gasteiger partial charge in [0.05, 0.1) is 0 Å². The molecule has 1 fully saturated rings. The lowest BCUT2D eigenvalue weighted by atomic mass is 10.1. The van der Waals surface area contributed by atoms with Crippen LogP contribution in [-0.4, -0.2) is 10.7 Å². The summed E-state index contributed by atoms with van der Waals surface area (Å²) in [5.41, 5.74) is -0.483. The van der Waals surface area contributed by atoms with Crippen LogP contribution in [0.2, 0.25) is 0 Å². The molecule has 0 spiro atoms. The fourth-order valence-corrected chi connectivity index (χ4v) is 1.39. The quantitative estimate of drug-likeness (QED) is 0.460. The van der Waals surface area contributed by atoms with Crippen molar-refractivity contribution in [2.45, 2.75) is 45.6 Å². The van der Waals surface area contributed by atoms with Gasteiger partial charge in [0.2, 0.25) is 0 Å². The van der Waals surface area contributed by atoms with E-state index in [1.165, 1.54) is 0 Å². The number of hydrogen-bond acceptors (Lipinski definition) is 3. The minimum atomic E-state index is -0.689. The summed E-state index contributed by atoms with van der Waals surface area (Å²) >= 11 is 0. The Balaban J connectivity index is 0.000001000. The molecular weight excluding hydrogens is 146 g/mol. The molecule has 1 saturated carbocycles. The second-order valence-corrected chi connectivity index (χ2v) is 2.97. The SMILES string of the molecule is C.CC1(O[N+](=O)[O-])CCCC1. The average Bonchev–Trinajstić information content (AvgIpc) is 2.12. The summed E-state index contributed by atoms with van der Waals surface area (Å²) in [5, 5.41) is 9.25. The first-order valence-electron chi connectivity index (χ1n) is 3.46. The number of hydrogen-bond donors (Lipinski definition) is 0. The molecule has 0 aromatic rings. The lowest BCUT2D eigenvalue weighted by Gasteiger charge is -2.19. The van der Waals surface area contributed by atoms with Crippen LogP contribution in [0.1, 0.15) is 40.0 Å². The molecular formula is C7H15NO3. The van der Waals surface area contributed by atoms with Gasteiger partial charge < -0.3 is 4.84 Å². The van der Waals surface area contributed by atoms with Gasteiger partial charge in [-0.25, -0.2) is 0 Å². The maximum Gasteiger partial charge on any atom is 0.295 e. The Labute approximate surface area is 66.6 Å². The molecule has 0 heterocycles. The van der Waals surface area contributed by atoms with E-state index in [4.69, 9.17) is 0 Å². The van der Waals surface area contributed by atoms with E-state index >= 15 is 0 Å². The van der Waals surface area contributed by atoms with Gasteiger partial charge in [0.15, 0.2) is 0 Å². The lowest BCUT2D eigenvalue weighted by Crippen LogP contribution is -2.27. The van der Waals surface area contributed by atoms with Crippen LogP contribution < -0.4 is 0 Å². The van der Waals surface area contributed by atoms with Crippen molar-refractivity contribution in [1.82, 2.24) is 0 Å². The van der Waals surface area contributed by atoms with E-state index in [1.807, 2.05) is 0 Å². The Bertz CT molecular complexity index is 141. The summed E-state index contributed by atoms with van der Waals surface area (Å²) in [7, 11) is 0. The van der Waals surface area contributed by atoms with Crippen LogP contribution in [-0.2, 0) is 4.84 Å². The second kappa shape index (κ2) is 3.55. The summed E-state index contributed by atoms with van der Waals surface area (Å²) in [5.74, 6) is 0. The maximum atomic E-state index is 9.94. The van der Waals surface area contributed by atoms with Gasteiger partial charge in [-0.05, 0) is 19.8 Å². The van der Waals surface area contributed by atoms with E-state index in [-0.39, 0.29) is 7.43 Å². The Morgan fingerprint density at radius 1 is 1.45 bits per heavy atom. The van der Waals surface area contributed by atoms with Crippen molar-refractivity contribution in [3.63, 3.8) is 0 Å². The van der Waals surface area contributed by atoms with Crippen LogP contribution in [0.15, 0.2) is 0 Å². The van der Waals surface area contributed by atoms with E-state index in [2.05, 4.69) is 4.84 Å². The third kappa shape index (κ3) is 2.74. The molecule has 1 rings (SSSR count). The zero-order valence-corrected chi connectivity index (χ0v) is 6.00. The first kappa shape index (κ1) is 10.2. The molecule has 0 N–H and O–H groups in total. The monoisotopic (exact) mass is 161 g/mol. The van der Waals surface area contributed by atoms with Crippen molar-refractivity contribution in [3.8, 4) is 0 Å². The van der Waals surface area contributed by atoms with Crippen LogP contribution >= 0.6 is 0 Å². The largest absolute Gasteiger partial charge is 0.308 e. The first-order chi connectivity index (χ1) is 4.62. The minimum absolute atomic E-state index is 0. The summed E-state index contributed by atoms with van der Waals surface area (Å²) in [6.07, 6.45) is 3.72. The molecule has 1 aliphatic rings. The molecule has 4 nitrogen and oxygen atoms in total. The van der Waals surface area contributed by atoms with Crippen molar-refractivity contribution in [2.75, 3.05) is 0 Å². The number of nitrogens with zero attached hydrogens (tertiary/aromatic N) is 1. The van der Waals surface area contributed by atoms with Gasteiger partial charge in [0.25, 0.3) is 5.09 Å². The van der Waals surface area contributed by atoms with Crippen molar-refractivity contribution in [2.24, 2.45) is 0 Å².